The molecule has 1 aromatic carbocycles. The van der Waals surface area contributed by atoms with Gasteiger partial charge in [0.05, 0.1) is 0 Å². The molecule has 0 atom stereocenters. The number of carbonyl (C=O) groups excluding carboxylic acids is 1. The van der Waals surface area contributed by atoms with E-state index in [-0.39, 0.29) is 5.70 Å². The van der Waals surface area contributed by atoms with Gasteiger partial charge in [0.15, 0.2) is 0 Å². The molecule has 17 heavy (non-hydrogen) atoms. The summed E-state index contributed by atoms with van der Waals surface area (Å²) < 4.78 is 0.888. The average Bonchev–Trinajstić information content (AvgIpc) is 2.21. The van der Waals surface area contributed by atoms with Gasteiger partial charge in [-0.25, -0.2) is 4.79 Å². The van der Waals surface area contributed by atoms with E-state index >= 15 is 0 Å². The van der Waals surface area contributed by atoms with Gasteiger partial charge >= 0.3 is 5.97 Å². The van der Waals surface area contributed by atoms with Gasteiger partial charge in [0.2, 0.25) is 5.91 Å². The van der Waals surface area contributed by atoms with Crippen molar-refractivity contribution in [1.29, 1.82) is 0 Å². The van der Waals surface area contributed by atoms with Crippen molar-refractivity contribution in [2.45, 2.75) is 13.8 Å². The smallest absolute Gasteiger partial charge is 0.352 e. The Bertz CT molecular complexity index is 495. The predicted octanol–water partition coefficient (Wildman–Crippen LogP) is 2.32. The van der Waals surface area contributed by atoms with Crippen LogP contribution in [0.5, 0.6) is 0 Å². The fraction of sp³-hybridized carbons (Fsp3) is 0.167. The molecule has 5 heteroatoms. The van der Waals surface area contributed by atoms with Crippen LogP contribution < -0.4 is 5.32 Å². The molecule has 4 nitrogen and oxygen atoms in total. The summed E-state index contributed by atoms with van der Waals surface area (Å²) in [5, 5.41) is 11.2. The third-order valence-corrected chi connectivity index (χ3v) is 2.90. The van der Waals surface area contributed by atoms with Crippen molar-refractivity contribution in [2.75, 3.05) is 0 Å². The first-order chi connectivity index (χ1) is 7.90. The summed E-state index contributed by atoms with van der Waals surface area (Å²) in [5.41, 5.74) is 1.61. The summed E-state index contributed by atoms with van der Waals surface area (Å²) in [7, 11) is 0. The second kappa shape index (κ2) is 5.63. The first-order valence-corrected chi connectivity index (χ1v) is 5.68. The Morgan fingerprint density at radius 3 is 2.53 bits per heavy atom. The van der Waals surface area contributed by atoms with Gasteiger partial charge in [0.25, 0.3) is 0 Å². The fourth-order valence-electron chi connectivity index (χ4n) is 1.21. The van der Waals surface area contributed by atoms with Gasteiger partial charge < -0.3 is 10.4 Å². The van der Waals surface area contributed by atoms with Gasteiger partial charge in [-0.3, -0.25) is 4.79 Å². The van der Waals surface area contributed by atoms with Gasteiger partial charge in [-0.15, -0.1) is 0 Å². The van der Waals surface area contributed by atoms with Crippen molar-refractivity contribution < 1.29 is 14.7 Å². The van der Waals surface area contributed by atoms with Crippen LogP contribution in [-0.2, 0) is 9.59 Å². The highest BCUT2D eigenvalue weighted by Crippen LogP contribution is 2.18. The van der Waals surface area contributed by atoms with E-state index in [4.69, 9.17) is 5.11 Å². The molecule has 0 aliphatic carbocycles. The zero-order valence-corrected chi connectivity index (χ0v) is 11.0. The quantitative estimate of drug-likeness (QED) is 0.842. The lowest BCUT2D eigenvalue weighted by atomic mass is 10.1. The molecular weight excluding hydrogens is 286 g/mol. The Hall–Kier alpha value is -1.62. The molecule has 0 saturated carbocycles. The molecule has 1 rings (SSSR count). The number of carboxylic acid groups (broad SMARTS) is 1. The molecule has 0 aliphatic rings. The first-order valence-electron chi connectivity index (χ1n) is 4.89. The minimum absolute atomic E-state index is 0.145. The largest absolute Gasteiger partial charge is 0.477 e. The molecule has 2 N–H and O–H groups in total. The Labute approximate surface area is 107 Å². The van der Waals surface area contributed by atoms with E-state index in [1.165, 1.54) is 13.0 Å². The van der Waals surface area contributed by atoms with Gasteiger partial charge in [-0.1, -0.05) is 28.1 Å². The third-order valence-electron chi connectivity index (χ3n) is 2.05. The number of amides is 1. The molecule has 0 aromatic heterocycles. The maximum atomic E-state index is 10.9. The molecule has 0 unspecified atom stereocenters. The number of carboxylic acids is 1. The lowest BCUT2D eigenvalue weighted by molar-refractivity contribution is -0.134. The first kappa shape index (κ1) is 13.4. The molecule has 0 spiro atoms. The van der Waals surface area contributed by atoms with Gasteiger partial charge in [0, 0.05) is 11.4 Å². The molecule has 0 aliphatic heterocycles. The van der Waals surface area contributed by atoms with Crippen molar-refractivity contribution in [1.82, 2.24) is 5.32 Å². The van der Waals surface area contributed by atoms with Gasteiger partial charge in [-0.2, -0.15) is 0 Å². The molecule has 1 aromatic rings. The van der Waals surface area contributed by atoms with Crippen molar-refractivity contribution in [3.05, 3.63) is 39.5 Å². The second-order valence-corrected chi connectivity index (χ2v) is 4.41. The van der Waals surface area contributed by atoms with Crippen molar-refractivity contribution >= 4 is 33.9 Å². The zero-order valence-electron chi connectivity index (χ0n) is 9.45. The van der Waals surface area contributed by atoms with Gasteiger partial charge in [-0.05, 0) is 30.2 Å². The van der Waals surface area contributed by atoms with Crippen molar-refractivity contribution in [3.63, 3.8) is 0 Å². The van der Waals surface area contributed by atoms with E-state index in [1.807, 2.05) is 13.0 Å². The molecule has 0 radical (unpaired) electrons. The van der Waals surface area contributed by atoms with Crippen molar-refractivity contribution in [2.24, 2.45) is 0 Å². The third kappa shape index (κ3) is 4.03. The summed E-state index contributed by atoms with van der Waals surface area (Å²) in [4.78, 5) is 21.7. The number of aliphatic carboxylic acids is 1. The second-order valence-electron chi connectivity index (χ2n) is 3.55. The molecule has 0 saturated heterocycles. The van der Waals surface area contributed by atoms with E-state index in [1.54, 1.807) is 12.1 Å². The van der Waals surface area contributed by atoms with Crippen LogP contribution in [0.4, 0.5) is 0 Å². The number of hydrogen-bond acceptors (Lipinski definition) is 2. The van der Waals surface area contributed by atoms with Crippen LogP contribution >= 0.6 is 15.9 Å². The maximum absolute atomic E-state index is 10.9. The molecule has 0 bridgehead atoms. The topological polar surface area (TPSA) is 66.4 Å². The number of aryl methyl sites for hydroxylation is 1. The SMILES string of the molecule is CC(=O)N/C(=C/c1ccc(C)c(Br)c1)C(=O)O. The molecule has 0 fully saturated rings. The summed E-state index contributed by atoms with van der Waals surface area (Å²) in [6.07, 6.45) is 1.41. The van der Waals surface area contributed by atoms with Crippen LogP contribution in [0, 0.1) is 6.92 Å². The van der Waals surface area contributed by atoms with Crippen molar-refractivity contribution in [3.8, 4) is 0 Å². The van der Waals surface area contributed by atoms with Crippen LogP contribution in [0.3, 0.4) is 0 Å². The highest BCUT2D eigenvalue weighted by atomic mass is 79.9. The van der Waals surface area contributed by atoms with E-state index in [0.29, 0.717) is 5.56 Å². The lowest BCUT2D eigenvalue weighted by Gasteiger charge is -2.04. The molecule has 0 heterocycles. The molecule has 90 valence electrons. The average molecular weight is 298 g/mol. The monoisotopic (exact) mass is 297 g/mol. The maximum Gasteiger partial charge on any atom is 0.352 e. The van der Waals surface area contributed by atoms with Crippen LogP contribution in [0.25, 0.3) is 6.08 Å². The fourth-order valence-corrected chi connectivity index (χ4v) is 1.60. The van der Waals surface area contributed by atoms with E-state index in [9.17, 15) is 9.59 Å². The van der Waals surface area contributed by atoms with Crippen LogP contribution in [-0.4, -0.2) is 17.0 Å². The Morgan fingerprint density at radius 1 is 1.41 bits per heavy atom. The Balaban J connectivity index is 3.08. The summed E-state index contributed by atoms with van der Waals surface area (Å²) in [5.74, 6) is -1.58. The number of nitrogens with one attached hydrogen (secondary N) is 1. The highest BCUT2D eigenvalue weighted by molar-refractivity contribution is 9.10. The standard InChI is InChI=1S/C12H12BrNO3/c1-7-3-4-9(5-10(7)13)6-11(12(16)17)14-8(2)15/h3-6H,1-2H3,(H,14,15)(H,16,17)/b11-6+. The summed E-state index contributed by atoms with van der Waals surface area (Å²) in [6.45, 7) is 3.20. The van der Waals surface area contributed by atoms with Gasteiger partial charge in [0.1, 0.15) is 5.70 Å². The highest BCUT2D eigenvalue weighted by Gasteiger charge is 2.08. The summed E-state index contributed by atoms with van der Waals surface area (Å²) in [6, 6.07) is 5.44. The summed E-state index contributed by atoms with van der Waals surface area (Å²) >= 11 is 3.36. The number of hydrogen-bond donors (Lipinski definition) is 2. The Kier molecular flexibility index (Phi) is 4.45. The Morgan fingerprint density at radius 2 is 2.06 bits per heavy atom. The number of rotatable bonds is 3. The van der Waals surface area contributed by atoms with E-state index in [2.05, 4.69) is 21.2 Å². The minimum Gasteiger partial charge on any atom is -0.477 e. The minimum atomic E-state index is -1.17. The number of halogens is 1. The predicted molar refractivity (Wildman–Crippen MR) is 68.3 cm³/mol. The zero-order chi connectivity index (χ0) is 13.0. The van der Waals surface area contributed by atoms with E-state index < -0.39 is 11.9 Å². The van der Waals surface area contributed by atoms with E-state index in [0.717, 1.165) is 10.0 Å². The number of carbonyl (C=O) groups is 2. The number of benzene rings is 1. The lowest BCUT2D eigenvalue weighted by Crippen LogP contribution is -2.24. The van der Waals surface area contributed by atoms with Crippen LogP contribution in [0.1, 0.15) is 18.1 Å². The molecular formula is C12H12BrNO3. The normalized spacial score (nSPS) is 11.1. The molecule has 1 amide bonds. The van der Waals surface area contributed by atoms with Crippen LogP contribution in [0.2, 0.25) is 0 Å². The van der Waals surface area contributed by atoms with Crippen LogP contribution in [0.15, 0.2) is 28.4 Å².